The van der Waals surface area contributed by atoms with Crippen LogP contribution in [0.2, 0.25) is 5.02 Å². The molecule has 3 aromatic rings. The van der Waals surface area contributed by atoms with Gasteiger partial charge in [0.05, 0.1) is 18.2 Å². The van der Waals surface area contributed by atoms with Crippen LogP contribution in [0.15, 0.2) is 60.7 Å². The van der Waals surface area contributed by atoms with Gasteiger partial charge in [0.15, 0.2) is 0 Å². The first-order valence-electron chi connectivity index (χ1n) is 9.02. The van der Waals surface area contributed by atoms with Gasteiger partial charge in [0, 0.05) is 24.6 Å². The quantitative estimate of drug-likeness (QED) is 0.264. The second-order valence-electron chi connectivity index (χ2n) is 6.31. The Bertz CT molecular complexity index is 928. The molecule has 1 unspecified atom stereocenters. The van der Waals surface area contributed by atoms with Crippen LogP contribution in [0.25, 0.3) is 17.3 Å². The average Bonchev–Trinajstić information content (AvgIpc) is 2.72. The second-order valence-corrected chi connectivity index (χ2v) is 6.72. The van der Waals surface area contributed by atoms with Crippen molar-refractivity contribution in [3.05, 3.63) is 94.8 Å². The third-order valence-corrected chi connectivity index (χ3v) is 4.87. The largest absolute Gasteiger partial charge is 2.00 e. The normalized spacial score (nSPS) is 11.2. The molecular weight excluding hydrogens is 575 g/mol. The summed E-state index contributed by atoms with van der Waals surface area (Å²) in [5, 5.41) is 0.441. The van der Waals surface area contributed by atoms with Crippen LogP contribution in [-0.2, 0) is 25.8 Å². The van der Waals surface area contributed by atoms with Gasteiger partial charge in [0.25, 0.3) is 0 Å². The minimum atomic E-state index is -0.498. The Morgan fingerprint density at radius 2 is 1.80 bits per heavy atom. The fourth-order valence-electron chi connectivity index (χ4n) is 3.10. The molecule has 0 radical (unpaired) electrons. The fraction of sp³-hybridized carbons (Fsp3) is 0.217. The maximum atomic E-state index is 15.0. The van der Waals surface area contributed by atoms with E-state index in [0.717, 1.165) is 11.1 Å². The fourth-order valence-corrected chi connectivity index (χ4v) is 3.32. The topological polar surface area (TPSA) is 78.0 Å². The van der Waals surface area contributed by atoms with Crippen molar-refractivity contribution in [2.75, 3.05) is 26.9 Å². The van der Waals surface area contributed by atoms with Gasteiger partial charge in [-0.05, 0) is 11.1 Å². The van der Waals surface area contributed by atoms with Gasteiger partial charge in [-0.25, -0.2) is 0 Å². The van der Waals surface area contributed by atoms with E-state index in [9.17, 15) is 0 Å². The minimum absolute atomic E-state index is 0. The van der Waals surface area contributed by atoms with Crippen LogP contribution in [0.3, 0.4) is 0 Å². The second kappa shape index (κ2) is 12.8. The molecule has 0 aliphatic carbocycles. The number of halogens is 2. The molecule has 0 spiro atoms. The van der Waals surface area contributed by atoms with Gasteiger partial charge >= 0.3 is 21.1 Å². The van der Waals surface area contributed by atoms with Gasteiger partial charge < -0.3 is 21.4 Å². The number of hydrogen-bond donors (Lipinski definition) is 1. The molecule has 0 saturated heterocycles. The van der Waals surface area contributed by atoms with E-state index in [1.807, 2.05) is 42.5 Å². The molecule has 0 saturated carbocycles. The van der Waals surface area contributed by atoms with Crippen LogP contribution in [0.5, 0.6) is 5.75 Å². The van der Waals surface area contributed by atoms with Crippen molar-refractivity contribution in [1.29, 1.82) is 0 Å². The summed E-state index contributed by atoms with van der Waals surface area (Å²) < 4.78 is 25.4. The molecule has 1 atom stereocenters. The van der Waals surface area contributed by atoms with Crippen molar-refractivity contribution in [2.45, 2.75) is 5.92 Å². The van der Waals surface area contributed by atoms with E-state index in [1.54, 1.807) is 25.3 Å². The van der Waals surface area contributed by atoms with E-state index in [-0.39, 0.29) is 51.1 Å². The molecule has 4 N–H and O–H groups in total. The van der Waals surface area contributed by atoms with Crippen LogP contribution in [-0.4, -0.2) is 26.9 Å². The maximum absolute atomic E-state index is 15.0. The van der Waals surface area contributed by atoms with E-state index in [1.165, 1.54) is 0 Å². The molecule has 3 aromatic carbocycles. The zero-order valence-corrected chi connectivity index (χ0v) is 20.3. The Hall–Kier alpha value is -1.75. The van der Waals surface area contributed by atoms with E-state index >= 15 is 4.39 Å². The molecule has 158 valence electrons. The number of methoxy groups -OCH3 is 1. The number of rotatable bonds is 8. The number of benzene rings is 3. The Labute approximate surface area is 196 Å². The SMILES string of the molecule is COCCOc1cc[c-]c(-c2cc(C(CN)c3ccccc3)ccc2Cl)c1F.[NH2-].[W+2]. The molecule has 7 heteroatoms. The van der Waals surface area contributed by atoms with Crippen LogP contribution in [0, 0.1) is 11.9 Å². The third-order valence-electron chi connectivity index (χ3n) is 4.54. The van der Waals surface area contributed by atoms with Crippen LogP contribution < -0.4 is 10.5 Å². The Balaban J connectivity index is 0.00000225. The van der Waals surface area contributed by atoms with Crippen molar-refractivity contribution < 1.29 is 34.9 Å². The Kier molecular flexibility index (Phi) is 11.2. The first kappa shape index (κ1) is 26.3. The molecule has 0 aliphatic rings. The molecule has 0 aromatic heterocycles. The van der Waals surface area contributed by atoms with Gasteiger partial charge in [0.2, 0.25) is 0 Å². The van der Waals surface area contributed by atoms with Crippen molar-refractivity contribution in [3.8, 4) is 16.9 Å². The van der Waals surface area contributed by atoms with Gasteiger partial charge in [-0.3, -0.25) is 4.39 Å². The summed E-state index contributed by atoms with van der Waals surface area (Å²) in [6.07, 6.45) is 0. The Morgan fingerprint density at radius 1 is 1.07 bits per heavy atom. The zero-order valence-electron chi connectivity index (χ0n) is 16.6. The zero-order chi connectivity index (χ0) is 19.9. The van der Waals surface area contributed by atoms with Gasteiger partial charge in [0.1, 0.15) is 6.61 Å². The van der Waals surface area contributed by atoms with Crippen LogP contribution in [0.1, 0.15) is 17.0 Å². The first-order chi connectivity index (χ1) is 13.7. The molecule has 0 amide bonds. The average molecular weight is 599 g/mol. The number of nitrogens with two attached hydrogens (primary N) is 2. The van der Waals surface area contributed by atoms with Gasteiger partial charge in [-0.15, -0.1) is 17.7 Å². The van der Waals surface area contributed by atoms with Crippen molar-refractivity contribution in [1.82, 2.24) is 0 Å². The predicted molar refractivity (Wildman–Crippen MR) is 116 cm³/mol. The monoisotopic (exact) mass is 598 g/mol. The maximum Gasteiger partial charge on any atom is 2.00 e. The summed E-state index contributed by atoms with van der Waals surface area (Å²) in [6, 6.07) is 21.7. The van der Waals surface area contributed by atoms with E-state index < -0.39 is 5.82 Å². The number of ether oxygens (including phenoxy) is 2. The summed E-state index contributed by atoms with van der Waals surface area (Å²) in [6.45, 7) is 1.06. The smallest absolute Gasteiger partial charge is 0.693 e. The van der Waals surface area contributed by atoms with E-state index in [2.05, 4.69) is 6.07 Å². The molecular formula is C23H24ClFN2O2W. The van der Waals surface area contributed by atoms with Crippen LogP contribution >= 0.6 is 11.6 Å². The van der Waals surface area contributed by atoms with Crippen molar-refractivity contribution >= 4 is 11.6 Å². The summed E-state index contributed by atoms with van der Waals surface area (Å²) in [7, 11) is 1.57. The minimum Gasteiger partial charge on any atom is -0.693 e. The predicted octanol–water partition coefficient (Wildman–Crippen LogP) is 5.78. The third kappa shape index (κ3) is 6.13. The molecule has 3 rings (SSSR count). The molecule has 0 bridgehead atoms. The summed E-state index contributed by atoms with van der Waals surface area (Å²) in [5.41, 5.74) is 8.93. The van der Waals surface area contributed by atoms with Gasteiger partial charge in [-0.2, -0.15) is 0 Å². The first-order valence-corrected chi connectivity index (χ1v) is 9.40. The molecule has 0 aliphatic heterocycles. The van der Waals surface area contributed by atoms with E-state index in [0.29, 0.717) is 23.7 Å². The molecule has 0 heterocycles. The number of hydrogen-bond acceptors (Lipinski definition) is 3. The van der Waals surface area contributed by atoms with Gasteiger partial charge in [-0.1, -0.05) is 71.8 Å². The summed E-state index contributed by atoms with van der Waals surface area (Å²) in [5.74, 6) is -0.367. The van der Waals surface area contributed by atoms with Crippen molar-refractivity contribution in [3.63, 3.8) is 0 Å². The molecule has 0 fully saturated rings. The summed E-state index contributed by atoms with van der Waals surface area (Å²) >= 11 is 6.40. The molecule has 30 heavy (non-hydrogen) atoms. The van der Waals surface area contributed by atoms with E-state index in [4.69, 9.17) is 26.8 Å². The Morgan fingerprint density at radius 3 is 2.47 bits per heavy atom. The van der Waals surface area contributed by atoms with Crippen molar-refractivity contribution in [2.24, 2.45) is 5.73 Å². The summed E-state index contributed by atoms with van der Waals surface area (Å²) in [4.78, 5) is 0. The standard InChI is InChI=1S/C23H22ClFNO2.H2N.W/c1-27-12-13-28-22-9-5-8-18(23(22)25)19-14-17(10-11-21(19)24)20(15-26)16-6-3-2-4-7-16;;/h2-7,9-11,14,20H,12-13,15,26H2,1H3;1H2;/q2*-1;+2. The molecule has 4 nitrogen and oxygen atoms in total. The van der Waals surface area contributed by atoms with Crippen LogP contribution in [0.4, 0.5) is 4.39 Å².